The molecule has 140 valence electrons. The molecule has 2 N–H and O–H groups in total. The molecule has 26 heavy (non-hydrogen) atoms. The lowest BCUT2D eigenvalue weighted by atomic mass is 9.88. The number of carbonyl (C=O) groups is 2. The topological polar surface area (TPSA) is 67.4 Å². The number of benzene rings is 1. The van der Waals surface area contributed by atoms with E-state index in [-0.39, 0.29) is 12.1 Å². The van der Waals surface area contributed by atoms with Crippen LogP contribution in [0.4, 0.5) is 4.79 Å². The van der Waals surface area contributed by atoms with Crippen LogP contribution in [0.1, 0.15) is 51.1 Å². The summed E-state index contributed by atoms with van der Waals surface area (Å²) in [6.07, 6.45) is 3.88. The SMILES string of the molecule is CC1=C(C(=O)O[C@@H]2CCC[C@H](C)C2)[C@H](c2ccc(Cl)c(Cl)c2)NC(=O)N1. The molecule has 5 nitrogen and oxygen atoms in total. The van der Waals surface area contributed by atoms with Crippen LogP contribution in [0.15, 0.2) is 29.5 Å². The minimum absolute atomic E-state index is 0.0846. The first-order chi connectivity index (χ1) is 12.3. The highest BCUT2D eigenvalue weighted by Crippen LogP contribution is 2.33. The highest BCUT2D eigenvalue weighted by Gasteiger charge is 2.34. The number of hydrogen-bond acceptors (Lipinski definition) is 3. The average molecular weight is 397 g/mol. The molecule has 3 rings (SSSR count). The van der Waals surface area contributed by atoms with Crippen LogP contribution in [0, 0.1) is 5.92 Å². The van der Waals surface area contributed by atoms with Crippen LogP contribution in [-0.2, 0) is 9.53 Å². The van der Waals surface area contributed by atoms with E-state index in [1.165, 1.54) is 6.42 Å². The lowest BCUT2D eigenvalue weighted by molar-refractivity contribution is -0.146. The number of carbonyl (C=O) groups excluding carboxylic acids is 2. The molecular formula is C19H22Cl2N2O3. The normalized spacial score (nSPS) is 26.2. The fourth-order valence-electron chi connectivity index (χ4n) is 3.61. The van der Waals surface area contributed by atoms with Gasteiger partial charge in [-0.2, -0.15) is 0 Å². The van der Waals surface area contributed by atoms with E-state index < -0.39 is 12.0 Å². The van der Waals surface area contributed by atoms with Gasteiger partial charge in [0.15, 0.2) is 0 Å². The zero-order valence-electron chi connectivity index (χ0n) is 14.8. The van der Waals surface area contributed by atoms with Crippen molar-refractivity contribution in [1.82, 2.24) is 10.6 Å². The summed E-state index contributed by atoms with van der Waals surface area (Å²) in [5.74, 6) is 0.136. The molecule has 2 aliphatic rings. The van der Waals surface area contributed by atoms with E-state index in [1.54, 1.807) is 25.1 Å². The maximum absolute atomic E-state index is 12.9. The average Bonchev–Trinajstić information content (AvgIpc) is 2.56. The Bertz CT molecular complexity index is 763. The maximum Gasteiger partial charge on any atom is 0.338 e. The Hall–Kier alpha value is -1.72. The fourth-order valence-corrected chi connectivity index (χ4v) is 3.91. The summed E-state index contributed by atoms with van der Waals surface area (Å²) in [6.45, 7) is 3.87. The molecule has 1 fully saturated rings. The highest BCUT2D eigenvalue weighted by atomic mass is 35.5. The molecule has 0 spiro atoms. The standard InChI is InChI=1S/C19H22Cl2N2O3/c1-10-4-3-5-13(8-10)26-18(24)16-11(2)22-19(25)23-17(16)12-6-7-14(20)15(21)9-12/h6-7,9-10,13,17H,3-5,8H2,1-2H3,(H2,22,23,25)/t10-,13+,17-/m0/s1. The number of esters is 1. The van der Waals surface area contributed by atoms with E-state index in [2.05, 4.69) is 17.6 Å². The number of rotatable bonds is 3. The van der Waals surface area contributed by atoms with Crippen LogP contribution in [0.3, 0.4) is 0 Å². The van der Waals surface area contributed by atoms with E-state index in [9.17, 15) is 9.59 Å². The molecule has 0 bridgehead atoms. The molecule has 2 amide bonds. The Balaban J connectivity index is 1.87. The molecule has 0 saturated heterocycles. The number of allylic oxidation sites excluding steroid dienone is 1. The number of ether oxygens (including phenoxy) is 1. The highest BCUT2D eigenvalue weighted by molar-refractivity contribution is 6.42. The predicted octanol–water partition coefficient (Wildman–Crippen LogP) is 4.74. The Morgan fingerprint density at radius 2 is 2.00 bits per heavy atom. The van der Waals surface area contributed by atoms with E-state index in [4.69, 9.17) is 27.9 Å². The van der Waals surface area contributed by atoms with Crippen molar-refractivity contribution in [2.24, 2.45) is 5.92 Å². The molecule has 7 heteroatoms. The molecule has 1 aromatic carbocycles. The van der Waals surface area contributed by atoms with Gasteiger partial charge in [-0.25, -0.2) is 9.59 Å². The first kappa shape index (κ1) is 19.1. The van der Waals surface area contributed by atoms with Crippen molar-refractivity contribution < 1.29 is 14.3 Å². The van der Waals surface area contributed by atoms with E-state index >= 15 is 0 Å². The quantitative estimate of drug-likeness (QED) is 0.724. The number of amides is 2. The molecule has 0 radical (unpaired) electrons. The number of urea groups is 1. The van der Waals surface area contributed by atoms with Crippen LogP contribution >= 0.6 is 23.2 Å². The van der Waals surface area contributed by atoms with Crippen molar-refractivity contribution >= 4 is 35.2 Å². The second kappa shape index (κ2) is 7.89. The first-order valence-electron chi connectivity index (χ1n) is 8.79. The second-order valence-electron chi connectivity index (χ2n) is 7.04. The van der Waals surface area contributed by atoms with Crippen molar-refractivity contribution in [3.63, 3.8) is 0 Å². The molecule has 1 heterocycles. The van der Waals surface area contributed by atoms with Gasteiger partial charge in [0.05, 0.1) is 21.7 Å². The van der Waals surface area contributed by atoms with E-state index in [0.717, 1.165) is 19.3 Å². The van der Waals surface area contributed by atoms with Gasteiger partial charge in [-0.1, -0.05) is 42.6 Å². The summed E-state index contributed by atoms with van der Waals surface area (Å²) in [5.41, 5.74) is 1.55. The van der Waals surface area contributed by atoms with E-state index in [0.29, 0.717) is 32.8 Å². The summed E-state index contributed by atoms with van der Waals surface area (Å²) in [4.78, 5) is 24.8. The van der Waals surface area contributed by atoms with Gasteiger partial charge in [0, 0.05) is 5.70 Å². The molecular weight excluding hydrogens is 375 g/mol. The fraction of sp³-hybridized carbons (Fsp3) is 0.474. The minimum Gasteiger partial charge on any atom is -0.459 e. The third-order valence-electron chi connectivity index (χ3n) is 4.93. The number of nitrogens with one attached hydrogen (secondary N) is 2. The van der Waals surface area contributed by atoms with Crippen molar-refractivity contribution in [2.75, 3.05) is 0 Å². The van der Waals surface area contributed by atoms with Crippen LogP contribution in [0.2, 0.25) is 10.0 Å². The molecule has 1 aromatic rings. The van der Waals surface area contributed by atoms with Crippen molar-refractivity contribution in [3.05, 3.63) is 45.1 Å². The largest absolute Gasteiger partial charge is 0.459 e. The molecule has 1 aliphatic carbocycles. The van der Waals surface area contributed by atoms with Crippen LogP contribution in [-0.4, -0.2) is 18.1 Å². The summed E-state index contributed by atoms with van der Waals surface area (Å²) in [7, 11) is 0. The summed E-state index contributed by atoms with van der Waals surface area (Å²) in [5, 5.41) is 6.21. The van der Waals surface area contributed by atoms with Crippen molar-refractivity contribution in [3.8, 4) is 0 Å². The molecule has 1 saturated carbocycles. The molecule has 0 unspecified atom stereocenters. The van der Waals surface area contributed by atoms with Crippen LogP contribution < -0.4 is 10.6 Å². The predicted molar refractivity (Wildman–Crippen MR) is 101 cm³/mol. The lowest BCUT2D eigenvalue weighted by Gasteiger charge is -2.31. The van der Waals surface area contributed by atoms with Gasteiger partial charge in [-0.3, -0.25) is 0 Å². The smallest absolute Gasteiger partial charge is 0.338 e. The number of halogens is 2. The Morgan fingerprint density at radius 1 is 1.23 bits per heavy atom. The Kier molecular flexibility index (Phi) is 5.78. The summed E-state index contributed by atoms with van der Waals surface area (Å²) >= 11 is 12.1. The van der Waals surface area contributed by atoms with Gasteiger partial charge in [-0.15, -0.1) is 0 Å². The molecule has 3 atom stereocenters. The zero-order chi connectivity index (χ0) is 18.8. The Labute approximate surface area is 163 Å². The Morgan fingerprint density at radius 3 is 2.69 bits per heavy atom. The third-order valence-corrected chi connectivity index (χ3v) is 5.67. The van der Waals surface area contributed by atoms with Crippen molar-refractivity contribution in [2.45, 2.75) is 51.7 Å². The van der Waals surface area contributed by atoms with E-state index in [1.807, 2.05) is 0 Å². The second-order valence-corrected chi connectivity index (χ2v) is 7.86. The van der Waals surface area contributed by atoms with Gasteiger partial charge in [-0.05, 0) is 49.8 Å². The van der Waals surface area contributed by atoms with Gasteiger partial charge >= 0.3 is 12.0 Å². The number of hydrogen-bond donors (Lipinski definition) is 2. The minimum atomic E-state index is -0.632. The first-order valence-corrected chi connectivity index (χ1v) is 9.55. The monoisotopic (exact) mass is 396 g/mol. The van der Waals surface area contributed by atoms with Gasteiger partial charge in [0.2, 0.25) is 0 Å². The van der Waals surface area contributed by atoms with Crippen LogP contribution in [0.5, 0.6) is 0 Å². The van der Waals surface area contributed by atoms with Gasteiger partial charge < -0.3 is 15.4 Å². The van der Waals surface area contributed by atoms with Crippen molar-refractivity contribution in [1.29, 1.82) is 0 Å². The van der Waals surface area contributed by atoms with Gasteiger partial charge in [0.1, 0.15) is 6.10 Å². The lowest BCUT2D eigenvalue weighted by Crippen LogP contribution is -2.45. The zero-order valence-corrected chi connectivity index (χ0v) is 16.3. The summed E-state index contributed by atoms with van der Waals surface area (Å²) in [6, 6.07) is 4.04. The molecule has 1 aliphatic heterocycles. The third kappa shape index (κ3) is 4.15. The molecule has 0 aromatic heterocycles. The maximum atomic E-state index is 12.9. The van der Waals surface area contributed by atoms with Gasteiger partial charge in [0.25, 0.3) is 0 Å². The summed E-state index contributed by atoms with van der Waals surface area (Å²) < 4.78 is 5.77. The van der Waals surface area contributed by atoms with Crippen LogP contribution in [0.25, 0.3) is 0 Å².